The van der Waals surface area contributed by atoms with Crippen LogP contribution in [0.2, 0.25) is 0 Å². The van der Waals surface area contributed by atoms with Gasteiger partial charge in [-0.05, 0) is 96.7 Å². The molecule has 226 valence electrons. The van der Waals surface area contributed by atoms with E-state index in [2.05, 4.69) is 71.8 Å². The molecule has 0 radical (unpaired) electrons. The lowest BCUT2D eigenvalue weighted by Crippen LogP contribution is -2.55. The van der Waals surface area contributed by atoms with Crippen LogP contribution in [0.25, 0.3) is 67.2 Å². The fourth-order valence-corrected chi connectivity index (χ4v) is 10.5. The molecule has 4 aromatic carbocycles. The summed E-state index contributed by atoms with van der Waals surface area (Å²) in [5, 5.41) is 2.15. The van der Waals surface area contributed by atoms with E-state index in [0.717, 1.165) is 50.5 Å². The molecular weight excluding hydrogens is 576 g/mol. The van der Waals surface area contributed by atoms with Gasteiger partial charge in [0, 0.05) is 45.3 Å². The summed E-state index contributed by atoms with van der Waals surface area (Å²) in [4.78, 5) is 20.0. The highest BCUT2D eigenvalue weighted by Gasteiger charge is 2.61. The largest absolute Gasteiger partial charge is 0.455 e. The minimum absolute atomic E-state index is 0.107. The summed E-state index contributed by atoms with van der Waals surface area (Å²) in [7, 11) is 0. The number of para-hydroxylation sites is 2. The third kappa shape index (κ3) is 3.54. The van der Waals surface area contributed by atoms with Crippen LogP contribution in [0.5, 0.6) is 0 Å². The second-order valence-corrected chi connectivity index (χ2v) is 14.3. The molecule has 4 saturated carbocycles. The van der Waals surface area contributed by atoms with E-state index in [9.17, 15) is 0 Å². The minimum atomic E-state index is 0.107. The molecule has 5 aliphatic carbocycles. The average Bonchev–Trinajstić information content (AvgIpc) is 3.64. The van der Waals surface area contributed by atoms with Crippen molar-refractivity contribution in [1.82, 2.24) is 19.9 Å². The lowest BCUT2D eigenvalue weighted by molar-refractivity contribution is -0.0399. The Bertz CT molecular complexity index is 2360. The fourth-order valence-electron chi connectivity index (χ4n) is 10.5. The number of fused-ring (bicyclic) bond motifs is 6. The quantitative estimate of drug-likeness (QED) is 0.200. The van der Waals surface area contributed by atoms with Gasteiger partial charge >= 0.3 is 0 Å². The van der Waals surface area contributed by atoms with Crippen molar-refractivity contribution in [2.75, 3.05) is 0 Å². The van der Waals surface area contributed by atoms with Crippen LogP contribution in [0.15, 0.2) is 114 Å². The summed E-state index contributed by atoms with van der Waals surface area (Å²) >= 11 is 0. The van der Waals surface area contributed by atoms with E-state index in [4.69, 9.17) is 19.4 Å². The summed E-state index contributed by atoms with van der Waals surface area (Å²) < 4.78 is 6.43. The third-order valence-corrected chi connectivity index (χ3v) is 12.0. The number of pyridine rings is 1. The number of hydrogen-bond donors (Lipinski definition) is 0. The Balaban J connectivity index is 1.12. The lowest BCUT2D eigenvalue weighted by atomic mass is 9.43. The molecule has 0 unspecified atom stereocenters. The van der Waals surface area contributed by atoms with Crippen LogP contribution in [0, 0.1) is 23.7 Å². The van der Waals surface area contributed by atoms with Gasteiger partial charge in [-0.15, -0.1) is 0 Å². The van der Waals surface area contributed by atoms with Crippen molar-refractivity contribution >= 4 is 21.9 Å². The Kier molecular flexibility index (Phi) is 5.22. The molecule has 0 amide bonds. The van der Waals surface area contributed by atoms with Crippen LogP contribution in [0.1, 0.15) is 43.2 Å². The summed E-state index contributed by atoms with van der Waals surface area (Å²) in [6.07, 6.45) is 11.0. The maximum absolute atomic E-state index is 6.43. The summed E-state index contributed by atoms with van der Waals surface area (Å²) in [5.41, 5.74) is 10.2. The number of furan rings is 1. The zero-order valence-corrected chi connectivity index (χ0v) is 25.9. The maximum atomic E-state index is 6.43. The molecule has 0 aliphatic heterocycles. The van der Waals surface area contributed by atoms with Crippen molar-refractivity contribution in [2.24, 2.45) is 23.7 Å². The van der Waals surface area contributed by atoms with Gasteiger partial charge in [0.15, 0.2) is 17.5 Å². The first kappa shape index (κ1) is 26.0. The fraction of sp³-hybridized carbons (Fsp3) is 0.238. The van der Waals surface area contributed by atoms with E-state index in [1.165, 1.54) is 54.4 Å². The standard InChI is InChI=1S/C42H32N4O/c1-2-7-26(8-3-1)39-44-40(46-41(45-39)32-11-6-10-31-30-9-4-5-12-37(30)47-38(31)32)27-13-14-35-33(22-27)34-23-43-16-15-36(34)42(35)28-18-24-17-25(20-28)21-29(42)19-24/h1-16,22-25,28-29H,17-21H2. The minimum Gasteiger partial charge on any atom is -0.455 e. The molecule has 5 nitrogen and oxygen atoms in total. The molecule has 47 heavy (non-hydrogen) atoms. The topological polar surface area (TPSA) is 64.7 Å². The Morgan fingerprint density at radius 2 is 1.26 bits per heavy atom. The van der Waals surface area contributed by atoms with E-state index in [-0.39, 0.29) is 5.41 Å². The summed E-state index contributed by atoms with van der Waals surface area (Å²) in [6, 6.07) is 34.0. The van der Waals surface area contributed by atoms with Crippen molar-refractivity contribution in [1.29, 1.82) is 0 Å². The van der Waals surface area contributed by atoms with Crippen LogP contribution < -0.4 is 0 Å². The highest BCUT2D eigenvalue weighted by molar-refractivity contribution is 6.09. The molecule has 3 aromatic heterocycles. The maximum Gasteiger partial charge on any atom is 0.167 e. The van der Waals surface area contributed by atoms with Gasteiger partial charge in [-0.3, -0.25) is 4.98 Å². The number of benzene rings is 4. The molecule has 5 heteroatoms. The van der Waals surface area contributed by atoms with Crippen molar-refractivity contribution < 1.29 is 4.42 Å². The van der Waals surface area contributed by atoms with Gasteiger partial charge in [-0.25, -0.2) is 15.0 Å². The summed E-state index contributed by atoms with van der Waals surface area (Å²) in [6.45, 7) is 0. The second-order valence-electron chi connectivity index (χ2n) is 14.3. The molecule has 5 aliphatic rings. The van der Waals surface area contributed by atoms with Crippen molar-refractivity contribution in [3.8, 4) is 45.3 Å². The molecule has 0 N–H and O–H groups in total. The molecule has 4 bridgehead atoms. The van der Waals surface area contributed by atoms with Crippen LogP contribution in [0.3, 0.4) is 0 Å². The average molecular weight is 609 g/mol. The van der Waals surface area contributed by atoms with Gasteiger partial charge < -0.3 is 4.42 Å². The Labute approximate surface area is 272 Å². The number of rotatable bonds is 3. The summed E-state index contributed by atoms with van der Waals surface area (Å²) in [5.74, 6) is 5.18. The Morgan fingerprint density at radius 3 is 2.09 bits per heavy atom. The molecule has 4 fully saturated rings. The third-order valence-electron chi connectivity index (χ3n) is 12.0. The first-order chi connectivity index (χ1) is 23.2. The monoisotopic (exact) mass is 608 g/mol. The Hall–Kier alpha value is -5.16. The van der Waals surface area contributed by atoms with Crippen LogP contribution in [0.4, 0.5) is 0 Å². The van der Waals surface area contributed by atoms with Crippen molar-refractivity contribution in [2.45, 2.75) is 37.5 Å². The molecule has 12 rings (SSSR count). The normalized spacial score (nSPS) is 25.1. The van der Waals surface area contributed by atoms with Crippen molar-refractivity contribution in [3.05, 3.63) is 121 Å². The van der Waals surface area contributed by atoms with Gasteiger partial charge in [0.25, 0.3) is 0 Å². The van der Waals surface area contributed by atoms with Gasteiger partial charge in [0.2, 0.25) is 0 Å². The molecule has 0 atom stereocenters. The SMILES string of the molecule is c1ccc(-c2nc(-c3ccc4c(c3)-c3cnccc3C43C4CC5CC(C4)CC3C5)nc(-c3cccc4c3oc3ccccc34)n2)cc1. The highest BCUT2D eigenvalue weighted by Crippen LogP contribution is 2.69. The highest BCUT2D eigenvalue weighted by atomic mass is 16.3. The smallest absolute Gasteiger partial charge is 0.167 e. The van der Waals surface area contributed by atoms with Gasteiger partial charge in [0.05, 0.1) is 5.56 Å². The zero-order chi connectivity index (χ0) is 30.7. The van der Waals surface area contributed by atoms with Gasteiger partial charge in [-0.1, -0.05) is 72.8 Å². The number of aromatic nitrogens is 4. The van der Waals surface area contributed by atoms with E-state index < -0.39 is 0 Å². The van der Waals surface area contributed by atoms with Crippen LogP contribution >= 0.6 is 0 Å². The predicted octanol–water partition coefficient (Wildman–Crippen LogP) is 9.89. The Morgan fingerprint density at radius 1 is 0.553 bits per heavy atom. The lowest BCUT2D eigenvalue weighted by Gasteiger charge is -2.61. The molecular formula is C42H32N4O. The number of hydrogen-bond acceptors (Lipinski definition) is 5. The van der Waals surface area contributed by atoms with Crippen LogP contribution in [-0.4, -0.2) is 19.9 Å². The van der Waals surface area contributed by atoms with E-state index in [1.807, 2.05) is 42.6 Å². The first-order valence-corrected chi connectivity index (χ1v) is 17.1. The molecule has 7 aromatic rings. The van der Waals surface area contributed by atoms with Crippen LogP contribution in [-0.2, 0) is 5.41 Å². The zero-order valence-electron chi connectivity index (χ0n) is 25.9. The van der Waals surface area contributed by atoms with Crippen molar-refractivity contribution in [3.63, 3.8) is 0 Å². The first-order valence-electron chi connectivity index (χ1n) is 17.1. The van der Waals surface area contributed by atoms with E-state index in [1.54, 1.807) is 0 Å². The van der Waals surface area contributed by atoms with E-state index in [0.29, 0.717) is 29.3 Å². The second kappa shape index (κ2) is 9.45. The molecule has 1 spiro atoms. The van der Waals surface area contributed by atoms with Gasteiger partial charge in [0.1, 0.15) is 11.2 Å². The van der Waals surface area contributed by atoms with E-state index >= 15 is 0 Å². The number of nitrogens with zero attached hydrogens (tertiary/aromatic N) is 4. The van der Waals surface area contributed by atoms with Gasteiger partial charge in [-0.2, -0.15) is 0 Å². The predicted molar refractivity (Wildman–Crippen MR) is 184 cm³/mol. The molecule has 3 heterocycles. The molecule has 0 saturated heterocycles.